The number of hydrogen-bond acceptors (Lipinski definition) is 7. The zero-order valence-corrected chi connectivity index (χ0v) is 16.9. The number of phenolic OH excluding ortho intramolecular Hbond substituents is 1. The number of nitrogens with two attached hydrogens (primary N) is 2. The van der Waals surface area contributed by atoms with Crippen LogP contribution in [0.15, 0.2) is 60.4 Å². The molecule has 0 radical (unpaired) electrons. The van der Waals surface area contributed by atoms with Gasteiger partial charge >= 0.3 is 12.4 Å². The number of aromatic hydroxyl groups is 1. The van der Waals surface area contributed by atoms with E-state index in [1.54, 1.807) is 0 Å². The van der Waals surface area contributed by atoms with Crippen molar-refractivity contribution in [1.29, 1.82) is 5.41 Å². The number of nitrogens with one attached hydrogen (secondary N) is 2. The molecule has 0 atom stereocenters. The van der Waals surface area contributed by atoms with Crippen molar-refractivity contribution in [3.63, 3.8) is 0 Å². The average Bonchev–Trinajstić information content (AvgIpc) is 2.72. The van der Waals surface area contributed by atoms with E-state index in [4.69, 9.17) is 21.7 Å². The number of methoxy groups -OCH3 is 1. The van der Waals surface area contributed by atoms with Gasteiger partial charge in [0.05, 0.1) is 18.5 Å². The number of ether oxygens (including phenoxy) is 1. The lowest BCUT2D eigenvalue weighted by molar-refractivity contribution is -0.0905. The molecule has 0 spiro atoms. The van der Waals surface area contributed by atoms with Crippen LogP contribution in [0.25, 0.3) is 5.70 Å². The monoisotopic (exact) mass is 475 g/mol. The topological polar surface area (TPSA) is 121 Å². The molecule has 0 saturated heterocycles. The molecule has 0 saturated carbocycles. The van der Waals surface area contributed by atoms with Gasteiger partial charge in [-0.05, 0) is 48.5 Å². The Morgan fingerprint density at radius 3 is 2.18 bits per heavy atom. The number of hydrogen-bond donors (Lipinski definition) is 5. The van der Waals surface area contributed by atoms with Gasteiger partial charge in [-0.25, -0.2) is 5.84 Å². The van der Waals surface area contributed by atoms with Gasteiger partial charge in [0.15, 0.2) is 11.5 Å². The zero-order valence-electron chi connectivity index (χ0n) is 16.9. The van der Waals surface area contributed by atoms with Gasteiger partial charge in [-0.1, -0.05) is 0 Å². The molecule has 33 heavy (non-hydrogen) atoms. The Bertz CT molecular complexity index is 1060. The first kappa shape index (κ1) is 25.4. The fourth-order valence-corrected chi connectivity index (χ4v) is 2.44. The molecule has 0 fully saturated rings. The molecule has 2 aromatic carbocycles. The number of halogens is 6. The summed E-state index contributed by atoms with van der Waals surface area (Å²) >= 11 is 0. The average molecular weight is 475 g/mol. The highest BCUT2D eigenvalue weighted by Crippen LogP contribution is 2.30. The van der Waals surface area contributed by atoms with Crippen molar-refractivity contribution in [2.45, 2.75) is 12.4 Å². The van der Waals surface area contributed by atoms with Crippen LogP contribution in [0.4, 0.5) is 37.7 Å². The molecule has 0 aromatic heterocycles. The molecular weight excluding hydrogens is 456 g/mol. The lowest BCUT2D eigenvalue weighted by Gasteiger charge is -2.18. The third-order valence-electron chi connectivity index (χ3n) is 4.14. The molecule has 0 bridgehead atoms. The second-order valence-electron chi connectivity index (χ2n) is 6.52. The van der Waals surface area contributed by atoms with E-state index in [-0.39, 0.29) is 34.6 Å². The van der Waals surface area contributed by atoms with E-state index < -0.39 is 23.8 Å². The summed E-state index contributed by atoms with van der Waals surface area (Å²) in [5.74, 6) is 5.98. The van der Waals surface area contributed by atoms with Crippen molar-refractivity contribution < 1.29 is 36.2 Å². The number of anilines is 2. The summed E-state index contributed by atoms with van der Waals surface area (Å²) in [5.41, 5.74) is 2.80. The molecule has 0 amide bonds. The van der Waals surface area contributed by atoms with Crippen LogP contribution in [-0.2, 0) is 0 Å². The van der Waals surface area contributed by atoms with Gasteiger partial charge < -0.3 is 20.9 Å². The van der Waals surface area contributed by atoms with E-state index in [2.05, 4.69) is 0 Å². The highest BCUT2D eigenvalue weighted by molar-refractivity contribution is 5.97. The second kappa shape index (κ2) is 9.73. The van der Waals surface area contributed by atoms with Crippen molar-refractivity contribution in [2.75, 3.05) is 17.4 Å². The van der Waals surface area contributed by atoms with Gasteiger partial charge in [-0.2, -0.15) is 26.3 Å². The Morgan fingerprint density at radius 1 is 1.06 bits per heavy atom. The number of allylic oxidation sites excluding steroid dienone is 2. The molecule has 0 aliphatic carbocycles. The quantitative estimate of drug-likeness (QED) is 0.174. The number of alkyl halides is 6. The minimum Gasteiger partial charge on any atom is -0.504 e. The van der Waals surface area contributed by atoms with Crippen molar-refractivity contribution >= 4 is 22.8 Å². The maximum absolute atomic E-state index is 13.1. The molecule has 2 aromatic rings. The Labute approximate surface area is 184 Å². The van der Waals surface area contributed by atoms with Crippen molar-refractivity contribution in [3.05, 3.63) is 66.0 Å². The van der Waals surface area contributed by atoms with Gasteiger partial charge in [-0.15, -0.1) is 0 Å². The van der Waals surface area contributed by atoms with Crippen LogP contribution in [0.3, 0.4) is 0 Å². The maximum Gasteiger partial charge on any atom is 0.432 e. The summed E-state index contributed by atoms with van der Waals surface area (Å²) in [6.07, 6.45) is -9.41. The molecule has 0 unspecified atom stereocenters. The third kappa shape index (κ3) is 6.80. The molecular formula is C20H19F6N5O2. The minimum absolute atomic E-state index is 0.0978. The Morgan fingerprint density at radius 2 is 1.67 bits per heavy atom. The summed E-state index contributed by atoms with van der Waals surface area (Å²) < 4.78 is 81.6. The number of benzene rings is 2. The van der Waals surface area contributed by atoms with Crippen LogP contribution in [0.2, 0.25) is 0 Å². The van der Waals surface area contributed by atoms with E-state index >= 15 is 0 Å². The summed E-state index contributed by atoms with van der Waals surface area (Å²) in [6.45, 7) is 0. The highest BCUT2D eigenvalue weighted by atomic mass is 19.4. The predicted octanol–water partition coefficient (Wildman–Crippen LogP) is 4.48. The SMILES string of the molecule is COc1cc(/C(N)=C/N(N)c2ccc(N/C(=C\C(=N)C(F)(F)F)C(F)(F)F)cc2)ccc1O. The number of phenols is 1. The molecule has 0 aliphatic rings. The van der Waals surface area contributed by atoms with Crippen LogP contribution in [0.1, 0.15) is 5.56 Å². The van der Waals surface area contributed by atoms with Gasteiger partial charge in [-0.3, -0.25) is 10.4 Å². The summed E-state index contributed by atoms with van der Waals surface area (Å²) in [7, 11) is 1.36. The molecule has 7 N–H and O–H groups in total. The molecule has 2 rings (SSSR count). The Balaban J connectivity index is 2.22. The fraction of sp³-hybridized carbons (Fsp3) is 0.150. The Kier molecular flexibility index (Phi) is 7.49. The molecule has 7 nitrogen and oxygen atoms in total. The minimum atomic E-state index is -5.23. The Hall–Kier alpha value is -3.87. The molecule has 13 heteroatoms. The number of nitrogens with zero attached hydrogens (tertiary/aromatic N) is 1. The van der Waals surface area contributed by atoms with Crippen LogP contribution >= 0.6 is 0 Å². The summed E-state index contributed by atoms with van der Waals surface area (Å²) in [5, 5.41) is 19.3. The third-order valence-corrected chi connectivity index (χ3v) is 4.14. The highest BCUT2D eigenvalue weighted by Gasteiger charge is 2.39. The van der Waals surface area contributed by atoms with Gasteiger partial charge in [0.1, 0.15) is 11.4 Å². The van der Waals surface area contributed by atoms with Crippen LogP contribution in [-0.4, -0.2) is 30.3 Å². The number of hydrazine groups is 1. The largest absolute Gasteiger partial charge is 0.504 e. The van der Waals surface area contributed by atoms with Crippen LogP contribution in [0.5, 0.6) is 11.5 Å². The first-order chi connectivity index (χ1) is 15.2. The molecule has 0 heterocycles. The van der Waals surface area contributed by atoms with Gasteiger partial charge in [0, 0.05) is 17.5 Å². The maximum atomic E-state index is 13.1. The van der Waals surface area contributed by atoms with E-state index in [9.17, 15) is 31.4 Å². The fourth-order valence-electron chi connectivity index (χ4n) is 2.44. The molecule has 0 aliphatic heterocycles. The van der Waals surface area contributed by atoms with E-state index in [1.165, 1.54) is 43.6 Å². The van der Waals surface area contributed by atoms with E-state index in [0.29, 0.717) is 5.56 Å². The first-order valence-corrected chi connectivity index (χ1v) is 8.92. The van der Waals surface area contributed by atoms with Gasteiger partial charge in [0.2, 0.25) is 0 Å². The predicted molar refractivity (Wildman–Crippen MR) is 111 cm³/mol. The smallest absolute Gasteiger partial charge is 0.432 e. The standard InChI is InChI=1S/C20H19F6N5O2/c1-33-16-8-11(2-7-15(16)32)14(27)10-31(29)13-5-3-12(4-6-13)30-18(20(24,25)26)9-17(28)19(21,22)23/h2-10,28,30,32H,27,29H2,1H3/b14-10-,18-9-,28-17?. The lowest BCUT2D eigenvalue weighted by Crippen LogP contribution is -2.26. The lowest BCUT2D eigenvalue weighted by atomic mass is 10.1. The number of rotatable bonds is 7. The van der Waals surface area contributed by atoms with Crippen LogP contribution in [0, 0.1) is 5.41 Å². The zero-order chi connectivity index (χ0) is 25.0. The summed E-state index contributed by atoms with van der Waals surface area (Å²) in [4.78, 5) is 0. The molecule has 178 valence electrons. The van der Waals surface area contributed by atoms with Crippen molar-refractivity contribution in [2.24, 2.45) is 11.6 Å². The van der Waals surface area contributed by atoms with E-state index in [1.807, 2.05) is 5.32 Å². The van der Waals surface area contributed by atoms with Crippen molar-refractivity contribution in [3.8, 4) is 11.5 Å². The summed E-state index contributed by atoms with van der Waals surface area (Å²) in [6, 6.07) is 9.23. The van der Waals surface area contributed by atoms with Gasteiger partial charge in [0.25, 0.3) is 0 Å². The van der Waals surface area contributed by atoms with E-state index in [0.717, 1.165) is 17.1 Å². The normalized spacial score (nSPS) is 13.0. The second-order valence-corrected chi connectivity index (χ2v) is 6.52. The van der Waals surface area contributed by atoms with Crippen LogP contribution < -0.4 is 26.6 Å². The first-order valence-electron chi connectivity index (χ1n) is 8.92. The van der Waals surface area contributed by atoms with Crippen molar-refractivity contribution in [1.82, 2.24) is 0 Å².